The number of para-hydroxylation sites is 2. The minimum atomic E-state index is -1.74. The van der Waals surface area contributed by atoms with Crippen LogP contribution in [0.2, 0.25) is 0 Å². The van der Waals surface area contributed by atoms with Crippen molar-refractivity contribution in [2.75, 3.05) is 79.3 Å². The van der Waals surface area contributed by atoms with Gasteiger partial charge in [0.05, 0.1) is 66.1 Å². The molecule has 0 radical (unpaired) electrons. The second-order valence-electron chi connectivity index (χ2n) is 18.3. The first-order valence-electron chi connectivity index (χ1n) is 26.1. The summed E-state index contributed by atoms with van der Waals surface area (Å²) in [6, 6.07) is 65.5. The molecule has 0 amide bonds. The van der Waals surface area contributed by atoms with Crippen molar-refractivity contribution < 1.29 is 54.3 Å². The lowest BCUT2D eigenvalue weighted by Crippen LogP contribution is -2.13. The zero-order chi connectivity index (χ0) is 52.3. The van der Waals surface area contributed by atoms with Gasteiger partial charge in [0.15, 0.2) is 0 Å². The third kappa shape index (κ3) is 11.5. The van der Waals surface area contributed by atoms with Crippen molar-refractivity contribution in [1.29, 1.82) is 0 Å². The van der Waals surface area contributed by atoms with Gasteiger partial charge >= 0.3 is 16.5 Å². The van der Waals surface area contributed by atoms with Crippen LogP contribution in [0.3, 0.4) is 0 Å². The average molecular weight is 1080 g/mol. The van der Waals surface area contributed by atoms with Crippen molar-refractivity contribution in [2.45, 2.75) is 0 Å². The summed E-state index contributed by atoms with van der Waals surface area (Å²) in [7, 11) is -3.48. The molecule has 0 unspecified atom stereocenters. The van der Waals surface area contributed by atoms with Gasteiger partial charge in [-0.1, -0.05) is 158 Å². The summed E-state index contributed by atoms with van der Waals surface area (Å²) < 4.78 is 74.0. The Hall–Kier alpha value is -7.60. The Morgan fingerprint density at radius 2 is 0.526 bits per heavy atom. The molecule has 2 heterocycles. The monoisotopic (exact) mass is 1080 g/mol. The lowest BCUT2D eigenvalue weighted by atomic mass is 9.99. The molecule has 0 N–H and O–H groups in total. The third-order valence-corrected chi connectivity index (χ3v) is 15.6. The minimum Gasteiger partial charge on any atom is -0.491 e. The number of hydrogen-bond donors (Lipinski definition) is 0. The van der Waals surface area contributed by atoms with Gasteiger partial charge in [0.1, 0.15) is 47.0 Å². The zero-order valence-corrected chi connectivity index (χ0v) is 44.5. The molecule has 0 aliphatic carbocycles. The molecule has 0 spiro atoms. The first-order valence-corrected chi connectivity index (χ1v) is 28.3. The minimum absolute atomic E-state index is 0.292. The number of benzene rings is 10. The fourth-order valence-corrected chi connectivity index (χ4v) is 11.8. The van der Waals surface area contributed by atoms with E-state index in [0.717, 1.165) is 110 Å². The molecule has 14 heteroatoms. The first kappa shape index (κ1) is 51.2. The molecule has 12 rings (SSSR count). The molecular weight excluding hydrogens is 1020 g/mol. The second-order valence-corrected chi connectivity index (χ2v) is 20.4. The van der Waals surface area contributed by atoms with Crippen LogP contribution in [0.25, 0.3) is 98.1 Å². The van der Waals surface area contributed by atoms with Crippen LogP contribution in [0, 0.1) is 0 Å². The molecule has 0 atom stereocenters. The van der Waals surface area contributed by atoms with Crippen LogP contribution < -0.4 is 18.5 Å². The predicted octanol–water partition coefficient (Wildman–Crippen LogP) is 16.3. The largest absolute Gasteiger partial charge is 0.491 e. The van der Waals surface area contributed by atoms with E-state index in [1.54, 1.807) is 0 Å². The van der Waals surface area contributed by atoms with Gasteiger partial charge in [-0.15, -0.1) is 0 Å². The highest BCUT2D eigenvalue weighted by molar-refractivity contribution is 7.32. The van der Waals surface area contributed by atoms with Gasteiger partial charge in [-0.2, -0.15) is 0 Å². The van der Waals surface area contributed by atoms with Gasteiger partial charge in [0.25, 0.3) is 0 Å². The molecule has 0 aliphatic rings. The summed E-state index contributed by atoms with van der Waals surface area (Å²) in [5.74, 6) is 1.46. The van der Waals surface area contributed by atoms with E-state index in [1.165, 1.54) is 0 Å². The maximum atomic E-state index is 6.43. The molecule has 0 fully saturated rings. The Balaban J connectivity index is 0.567. The second kappa shape index (κ2) is 24.8. The normalized spacial score (nSPS) is 11.7. The van der Waals surface area contributed by atoms with Crippen molar-refractivity contribution in [3.63, 3.8) is 0 Å². The topological polar surface area (TPSA) is 126 Å². The lowest BCUT2D eigenvalue weighted by molar-refractivity contribution is 0.0303. The quantitative estimate of drug-likeness (QED) is 0.0566. The number of rotatable bonds is 23. The fraction of sp³-hybridized carbons (Fsp3) is 0.188. The van der Waals surface area contributed by atoms with E-state index in [0.29, 0.717) is 79.3 Å². The van der Waals surface area contributed by atoms with Gasteiger partial charge in [0.2, 0.25) is 0 Å². The third-order valence-electron chi connectivity index (χ3n) is 13.4. The molecule has 0 saturated heterocycles. The molecule has 394 valence electrons. The van der Waals surface area contributed by atoms with E-state index in [4.69, 9.17) is 54.3 Å². The highest BCUT2D eigenvalue weighted by Crippen LogP contribution is 2.42. The Morgan fingerprint density at radius 1 is 0.256 bits per heavy atom. The Kier molecular flexibility index (Phi) is 16.3. The van der Waals surface area contributed by atoms with E-state index < -0.39 is 16.5 Å². The van der Waals surface area contributed by atoms with Crippen molar-refractivity contribution >= 4 is 103 Å². The standard InChI is InChI=1S/C64H56O12P2/c1-5-17-49-45(13-1)25-29-57-61(49)62-50-18-6-2-14-46(50)26-30-58(62)74-77(73-57)71-43-39-67-35-33-65-37-41-69-55-23-11-9-21-53(55)54-22-10-12-24-56(54)70-42-38-66-34-36-68-40-44-72-78-75-59-31-27-47-15-3-7-19-51(47)63(59)64-52-20-8-4-16-48(52)28-32-60(64)76-78/h1-32H,33-44H2. The van der Waals surface area contributed by atoms with Crippen LogP contribution in [-0.4, -0.2) is 79.3 Å². The van der Waals surface area contributed by atoms with Crippen molar-refractivity contribution in [2.24, 2.45) is 0 Å². The SMILES string of the molecule is c1ccc(-c2ccccc2OCCOCCOCCOp2oc3ccc4ccccc4c3c3c(ccc4ccccc43)o2)c(OCCOCCOCCOp2oc3ccc4ccccc4c3c3c(ccc4ccccc43)o2)c1. The molecule has 0 aliphatic heterocycles. The van der Waals surface area contributed by atoms with E-state index in [1.807, 2.05) is 121 Å². The Bertz CT molecular complexity index is 3660. The fourth-order valence-electron chi connectivity index (χ4n) is 9.84. The van der Waals surface area contributed by atoms with Gasteiger partial charge in [-0.25, -0.2) is 0 Å². The van der Waals surface area contributed by atoms with Crippen LogP contribution >= 0.6 is 16.5 Å². The van der Waals surface area contributed by atoms with E-state index >= 15 is 0 Å². The Labute approximate surface area is 451 Å². The molecule has 0 bridgehead atoms. The Morgan fingerprint density at radius 3 is 0.859 bits per heavy atom. The maximum Gasteiger partial charge on any atom is 0.387 e. The van der Waals surface area contributed by atoms with Crippen molar-refractivity contribution in [3.8, 4) is 22.6 Å². The zero-order valence-electron chi connectivity index (χ0n) is 42.8. The van der Waals surface area contributed by atoms with Crippen LogP contribution in [0.5, 0.6) is 11.5 Å². The number of ether oxygens (including phenoxy) is 6. The average Bonchev–Trinajstić information content (AvgIpc) is 3.94. The number of fused-ring (bicyclic) bond motifs is 14. The van der Waals surface area contributed by atoms with Crippen molar-refractivity contribution in [1.82, 2.24) is 0 Å². The lowest BCUT2D eigenvalue weighted by Gasteiger charge is -2.15. The summed E-state index contributed by atoms with van der Waals surface area (Å²) in [6.07, 6.45) is 0. The smallest absolute Gasteiger partial charge is 0.387 e. The summed E-state index contributed by atoms with van der Waals surface area (Å²) >= 11 is 0. The summed E-state index contributed by atoms with van der Waals surface area (Å²) in [5.41, 5.74) is 4.75. The summed E-state index contributed by atoms with van der Waals surface area (Å²) in [6.45, 7) is 4.39. The van der Waals surface area contributed by atoms with Crippen LogP contribution in [0.1, 0.15) is 0 Å². The molecule has 78 heavy (non-hydrogen) atoms. The molecule has 10 aromatic carbocycles. The first-order chi connectivity index (χ1) is 38.7. The predicted molar refractivity (Wildman–Crippen MR) is 312 cm³/mol. The van der Waals surface area contributed by atoms with Gasteiger partial charge in [-0.05, 0) is 79.5 Å². The van der Waals surface area contributed by atoms with Crippen LogP contribution in [-0.2, 0) is 18.9 Å². The van der Waals surface area contributed by atoms with E-state index in [-0.39, 0.29) is 0 Å². The van der Waals surface area contributed by atoms with Crippen molar-refractivity contribution in [3.05, 3.63) is 194 Å². The van der Waals surface area contributed by atoms with Gasteiger partial charge < -0.3 is 45.2 Å². The maximum absolute atomic E-state index is 6.43. The molecule has 12 aromatic rings. The molecule has 12 nitrogen and oxygen atoms in total. The molecule has 2 aromatic heterocycles. The van der Waals surface area contributed by atoms with Gasteiger partial charge in [0, 0.05) is 32.7 Å². The highest BCUT2D eigenvalue weighted by atomic mass is 31.1. The number of hydrogen-bond acceptors (Lipinski definition) is 12. The van der Waals surface area contributed by atoms with Gasteiger partial charge in [-0.3, -0.25) is 9.05 Å². The van der Waals surface area contributed by atoms with Crippen LogP contribution in [0.15, 0.2) is 211 Å². The van der Waals surface area contributed by atoms with E-state index in [2.05, 4.69) is 72.8 Å². The molecular formula is C64H56O12P2. The van der Waals surface area contributed by atoms with E-state index in [9.17, 15) is 0 Å². The van der Waals surface area contributed by atoms with Crippen LogP contribution in [0.4, 0.5) is 0 Å². The molecule has 0 saturated carbocycles. The summed E-state index contributed by atoms with van der Waals surface area (Å²) in [5, 5.41) is 12.9. The summed E-state index contributed by atoms with van der Waals surface area (Å²) in [4.78, 5) is 0. The highest BCUT2D eigenvalue weighted by Gasteiger charge is 2.16.